The van der Waals surface area contributed by atoms with Crippen LogP contribution in [0.15, 0.2) is 36.0 Å². The van der Waals surface area contributed by atoms with Crippen molar-refractivity contribution in [3.8, 4) is 0 Å². The van der Waals surface area contributed by atoms with Crippen molar-refractivity contribution in [2.24, 2.45) is 0 Å². The minimum atomic E-state index is -1.08. The molecule has 1 aliphatic heterocycles. The fourth-order valence-electron chi connectivity index (χ4n) is 1.63. The summed E-state index contributed by atoms with van der Waals surface area (Å²) in [6, 6.07) is 0. The Morgan fingerprint density at radius 2 is 2.06 bits per heavy atom. The Morgan fingerprint density at radius 3 is 2.83 bits per heavy atom. The summed E-state index contributed by atoms with van der Waals surface area (Å²) in [5.41, 5.74) is 0.120. The number of ether oxygens (including phenoxy) is 1. The second-order valence-corrected chi connectivity index (χ2v) is 4.89. The Labute approximate surface area is 109 Å². The summed E-state index contributed by atoms with van der Waals surface area (Å²) in [5, 5.41) is 9.96. The fourth-order valence-corrected chi connectivity index (χ4v) is 1.63. The molecule has 1 atom stereocenters. The predicted molar refractivity (Wildman–Crippen MR) is 72.1 cm³/mol. The van der Waals surface area contributed by atoms with E-state index < -0.39 is 5.60 Å². The first kappa shape index (κ1) is 14.7. The lowest BCUT2D eigenvalue weighted by atomic mass is 10.1. The summed E-state index contributed by atoms with van der Waals surface area (Å²) in [7, 11) is 0. The van der Waals surface area contributed by atoms with Gasteiger partial charge in [0.25, 0.3) is 0 Å². The van der Waals surface area contributed by atoms with E-state index in [2.05, 4.69) is 6.08 Å². The zero-order chi connectivity index (χ0) is 13.4. The molecule has 0 fully saturated rings. The van der Waals surface area contributed by atoms with Crippen LogP contribution in [0.25, 0.3) is 0 Å². The molecule has 0 aliphatic carbocycles. The Hall–Kier alpha value is -1.35. The largest absolute Gasteiger partial charge is 0.462 e. The first-order chi connectivity index (χ1) is 8.49. The lowest BCUT2D eigenvalue weighted by Crippen LogP contribution is -2.29. The first-order valence-corrected chi connectivity index (χ1v) is 6.39. The maximum Gasteiger partial charge on any atom is 0.306 e. The third-order valence-corrected chi connectivity index (χ3v) is 2.70. The van der Waals surface area contributed by atoms with Crippen LogP contribution >= 0.6 is 0 Å². The third-order valence-electron chi connectivity index (χ3n) is 2.70. The Balaban J connectivity index is 2.68. The molecule has 0 aromatic carbocycles. The van der Waals surface area contributed by atoms with Gasteiger partial charge in [0.15, 0.2) is 0 Å². The quantitative estimate of drug-likeness (QED) is 0.531. The van der Waals surface area contributed by atoms with Crippen LogP contribution in [0.4, 0.5) is 0 Å². The molecule has 3 heteroatoms. The predicted octanol–water partition coefficient (Wildman–Crippen LogP) is 2.91. The molecule has 0 saturated heterocycles. The number of rotatable bonds is 0. The summed E-state index contributed by atoms with van der Waals surface area (Å²) in [5.74, 6) is -0.271. The second kappa shape index (κ2) is 7.17. The van der Waals surface area contributed by atoms with Crippen molar-refractivity contribution in [3.63, 3.8) is 0 Å². The van der Waals surface area contributed by atoms with Crippen LogP contribution in [0.1, 0.15) is 39.5 Å². The molecule has 0 saturated carbocycles. The standard InChI is InChI=1S/C15H22O3/c1-13-8-4-3-7-11-15(2,17)12-18-14(16)10-6-5-9-13/h5,7-9,11,17H,3-4,6,10,12H2,1-2H3/t15-/m0/s1. The molecule has 0 amide bonds. The van der Waals surface area contributed by atoms with Gasteiger partial charge in [0.05, 0.1) is 0 Å². The molecule has 0 radical (unpaired) electrons. The average molecular weight is 250 g/mol. The van der Waals surface area contributed by atoms with Gasteiger partial charge in [-0.2, -0.15) is 0 Å². The number of cyclic esters (lactones) is 1. The van der Waals surface area contributed by atoms with Crippen LogP contribution < -0.4 is 0 Å². The highest BCUT2D eigenvalue weighted by molar-refractivity contribution is 5.69. The molecule has 18 heavy (non-hydrogen) atoms. The van der Waals surface area contributed by atoms with Crippen molar-refractivity contribution in [2.45, 2.75) is 45.1 Å². The van der Waals surface area contributed by atoms with E-state index in [9.17, 15) is 9.90 Å². The van der Waals surface area contributed by atoms with Crippen molar-refractivity contribution >= 4 is 5.97 Å². The molecular formula is C15H22O3. The van der Waals surface area contributed by atoms with Crippen LogP contribution in [-0.4, -0.2) is 23.3 Å². The molecule has 1 N–H and O–H groups in total. The summed E-state index contributed by atoms with van der Waals surface area (Å²) >= 11 is 0. The minimum absolute atomic E-state index is 0.0148. The zero-order valence-corrected chi connectivity index (χ0v) is 11.2. The van der Waals surface area contributed by atoms with E-state index in [1.54, 1.807) is 13.0 Å². The highest BCUT2D eigenvalue weighted by Crippen LogP contribution is 2.10. The number of allylic oxidation sites excluding steroid dienone is 5. The molecule has 100 valence electrons. The zero-order valence-electron chi connectivity index (χ0n) is 11.2. The van der Waals surface area contributed by atoms with Crippen molar-refractivity contribution < 1.29 is 14.6 Å². The number of carbonyl (C=O) groups is 1. The van der Waals surface area contributed by atoms with E-state index in [1.807, 2.05) is 25.2 Å². The van der Waals surface area contributed by atoms with Gasteiger partial charge in [-0.25, -0.2) is 0 Å². The van der Waals surface area contributed by atoms with Gasteiger partial charge in [0.2, 0.25) is 0 Å². The molecule has 0 unspecified atom stereocenters. The van der Waals surface area contributed by atoms with Crippen molar-refractivity contribution in [1.29, 1.82) is 0 Å². The third kappa shape index (κ3) is 6.40. The van der Waals surface area contributed by atoms with Gasteiger partial charge in [-0.3, -0.25) is 4.79 Å². The van der Waals surface area contributed by atoms with E-state index in [1.165, 1.54) is 5.57 Å². The molecule has 0 aromatic rings. The molecule has 0 bridgehead atoms. The van der Waals surface area contributed by atoms with Crippen molar-refractivity contribution in [3.05, 3.63) is 36.0 Å². The van der Waals surface area contributed by atoms with Crippen molar-refractivity contribution in [2.75, 3.05) is 6.61 Å². The van der Waals surface area contributed by atoms with E-state index in [0.29, 0.717) is 12.8 Å². The van der Waals surface area contributed by atoms with Crippen LogP contribution in [0, 0.1) is 0 Å². The van der Waals surface area contributed by atoms with Gasteiger partial charge in [-0.15, -0.1) is 0 Å². The monoisotopic (exact) mass is 250 g/mol. The van der Waals surface area contributed by atoms with Crippen LogP contribution in [0.3, 0.4) is 0 Å². The van der Waals surface area contributed by atoms with Gasteiger partial charge in [0.1, 0.15) is 12.2 Å². The highest BCUT2D eigenvalue weighted by Gasteiger charge is 2.18. The summed E-state index contributed by atoms with van der Waals surface area (Å²) < 4.78 is 5.04. The Kier molecular flexibility index (Phi) is 5.86. The molecular weight excluding hydrogens is 228 g/mol. The SMILES string of the molecule is CC1=CCCC=C[C@](C)(O)COC(=O)CCC=C1. The lowest BCUT2D eigenvalue weighted by Gasteiger charge is -2.18. The van der Waals surface area contributed by atoms with Gasteiger partial charge in [0, 0.05) is 6.42 Å². The lowest BCUT2D eigenvalue weighted by molar-refractivity contribution is -0.148. The normalized spacial score (nSPS) is 27.3. The number of carbonyl (C=O) groups excluding carboxylic acids is 1. The maximum absolute atomic E-state index is 11.4. The summed E-state index contributed by atoms with van der Waals surface area (Å²) in [4.78, 5) is 11.4. The Bertz CT molecular complexity index is 362. The molecule has 0 spiro atoms. The molecule has 1 aliphatic rings. The Morgan fingerprint density at radius 1 is 1.28 bits per heavy atom. The van der Waals surface area contributed by atoms with E-state index in [4.69, 9.17) is 4.74 Å². The van der Waals surface area contributed by atoms with E-state index >= 15 is 0 Å². The van der Waals surface area contributed by atoms with Gasteiger partial charge in [-0.1, -0.05) is 36.0 Å². The minimum Gasteiger partial charge on any atom is -0.462 e. The molecule has 0 aromatic heterocycles. The fraction of sp³-hybridized carbons (Fsp3) is 0.533. The summed E-state index contributed by atoms with van der Waals surface area (Å²) in [6.07, 6.45) is 12.6. The van der Waals surface area contributed by atoms with Gasteiger partial charge in [-0.05, 0) is 33.1 Å². The molecule has 1 heterocycles. The number of esters is 1. The van der Waals surface area contributed by atoms with Crippen LogP contribution in [-0.2, 0) is 9.53 Å². The number of hydrogen-bond donors (Lipinski definition) is 1. The smallest absolute Gasteiger partial charge is 0.306 e. The van der Waals surface area contributed by atoms with Crippen molar-refractivity contribution in [1.82, 2.24) is 0 Å². The van der Waals surface area contributed by atoms with Crippen LogP contribution in [0.2, 0.25) is 0 Å². The topological polar surface area (TPSA) is 46.5 Å². The maximum atomic E-state index is 11.4. The van der Waals surface area contributed by atoms with Gasteiger partial charge >= 0.3 is 5.97 Å². The summed E-state index contributed by atoms with van der Waals surface area (Å²) in [6.45, 7) is 3.70. The molecule has 3 nitrogen and oxygen atoms in total. The molecule has 1 rings (SSSR count). The second-order valence-electron chi connectivity index (χ2n) is 4.89. The average Bonchev–Trinajstić information content (AvgIpc) is 2.31. The van der Waals surface area contributed by atoms with Crippen LogP contribution in [0.5, 0.6) is 0 Å². The van der Waals surface area contributed by atoms with Gasteiger partial charge < -0.3 is 9.84 Å². The number of hydrogen-bond acceptors (Lipinski definition) is 3. The van der Waals surface area contributed by atoms with E-state index in [0.717, 1.165) is 12.8 Å². The van der Waals surface area contributed by atoms with E-state index in [-0.39, 0.29) is 12.6 Å². The number of aliphatic hydroxyl groups is 1. The highest BCUT2D eigenvalue weighted by atomic mass is 16.5. The first-order valence-electron chi connectivity index (χ1n) is 6.39.